The number of ether oxygens (including phenoxy) is 1. The third kappa shape index (κ3) is 2.06. The summed E-state index contributed by atoms with van der Waals surface area (Å²) in [7, 11) is 1.48. The zero-order valence-electron chi connectivity index (χ0n) is 10.0. The van der Waals surface area contributed by atoms with Gasteiger partial charge >= 0.3 is 5.97 Å². The summed E-state index contributed by atoms with van der Waals surface area (Å²) in [6, 6.07) is 3.19. The van der Waals surface area contributed by atoms with E-state index in [2.05, 4.69) is 15.9 Å². The normalized spacial score (nSPS) is 17.3. The molecule has 18 heavy (non-hydrogen) atoms. The molecular formula is C13H14BrFO3. The lowest BCUT2D eigenvalue weighted by molar-refractivity contribution is -0.147. The van der Waals surface area contributed by atoms with Crippen LogP contribution in [0, 0.1) is 5.82 Å². The molecular weight excluding hydrogens is 303 g/mol. The number of carbonyl (C=O) groups is 1. The van der Waals surface area contributed by atoms with E-state index in [1.54, 1.807) is 12.1 Å². The molecule has 1 N–H and O–H groups in total. The van der Waals surface area contributed by atoms with E-state index in [0.29, 0.717) is 22.9 Å². The van der Waals surface area contributed by atoms with Crippen molar-refractivity contribution in [2.45, 2.75) is 31.3 Å². The molecule has 0 aliphatic heterocycles. The highest BCUT2D eigenvalue weighted by Crippen LogP contribution is 2.46. The molecule has 0 unspecified atom stereocenters. The molecule has 1 aromatic rings. The van der Waals surface area contributed by atoms with Gasteiger partial charge in [-0.2, -0.15) is 0 Å². The number of hydrogen-bond acceptors (Lipinski definition) is 2. The van der Waals surface area contributed by atoms with Crippen molar-refractivity contribution in [2.75, 3.05) is 7.11 Å². The molecule has 1 aromatic carbocycles. The van der Waals surface area contributed by atoms with Gasteiger partial charge in [-0.05, 0) is 25.0 Å². The second-order valence-electron chi connectivity index (χ2n) is 4.60. The Balaban J connectivity index is 2.53. The van der Waals surface area contributed by atoms with Crippen LogP contribution in [0.25, 0.3) is 0 Å². The SMILES string of the molecule is COCc1cc(Br)cc(C2(C(=O)O)CCC2)c1F. The van der Waals surface area contributed by atoms with Crippen LogP contribution in [0.1, 0.15) is 30.4 Å². The van der Waals surface area contributed by atoms with Gasteiger partial charge in [-0.3, -0.25) is 4.79 Å². The number of carboxylic acids is 1. The number of carboxylic acid groups (broad SMARTS) is 1. The Kier molecular flexibility index (Phi) is 3.73. The zero-order valence-corrected chi connectivity index (χ0v) is 11.6. The quantitative estimate of drug-likeness (QED) is 0.927. The van der Waals surface area contributed by atoms with Crippen LogP contribution in [-0.2, 0) is 21.6 Å². The van der Waals surface area contributed by atoms with Gasteiger partial charge < -0.3 is 9.84 Å². The molecule has 0 radical (unpaired) electrons. The van der Waals surface area contributed by atoms with Crippen molar-refractivity contribution in [3.05, 3.63) is 33.5 Å². The van der Waals surface area contributed by atoms with Crippen LogP contribution in [0.15, 0.2) is 16.6 Å². The third-order valence-corrected chi connectivity index (χ3v) is 4.00. The fourth-order valence-electron chi connectivity index (χ4n) is 2.38. The molecule has 1 saturated carbocycles. The molecule has 0 aromatic heterocycles. The van der Waals surface area contributed by atoms with Crippen molar-refractivity contribution in [3.8, 4) is 0 Å². The van der Waals surface area contributed by atoms with Crippen molar-refractivity contribution < 1.29 is 19.0 Å². The standard InChI is InChI=1S/C13H14BrFO3/c1-18-7-8-5-9(14)6-10(11(8)15)13(12(16)17)3-2-4-13/h5-6H,2-4,7H2,1H3,(H,16,17). The summed E-state index contributed by atoms with van der Waals surface area (Å²) in [6.07, 6.45) is 1.79. The predicted molar refractivity (Wildman–Crippen MR) is 68.0 cm³/mol. The highest BCUT2D eigenvalue weighted by atomic mass is 79.9. The molecule has 2 rings (SSSR count). The maximum absolute atomic E-state index is 14.4. The Hall–Kier alpha value is -0.940. The van der Waals surface area contributed by atoms with Gasteiger partial charge in [0.25, 0.3) is 0 Å². The van der Waals surface area contributed by atoms with Crippen molar-refractivity contribution in [3.63, 3.8) is 0 Å². The van der Waals surface area contributed by atoms with E-state index in [1.807, 2.05) is 0 Å². The molecule has 1 aliphatic carbocycles. The summed E-state index contributed by atoms with van der Waals surface area (Å²) < 4.78 is 20.0. The van der Waals surface area contributed by atoms with Crippen molar-refractivity contribution in [1.29, 1.82) is 0 Å². The van der Waals surface area contributed by atoms with Gasteiger partial charge in [0.05, 0.1) is 12.0 Å². The molecule has 0 bridgehead atoms. The van der Waals surface area contributed by atoms with Crippen LogP contribution in [0.5, 0.6) is 0 Å². The number of hydrogen-bond donors (Lipinski definition) is 1. The maximum atomic E-state index is 14.4. The van der Waals surface area contributed by atoms with Gasteiger partial charge in [0.1, 0.15) is 5.82 Å². The topological polar surface area (TPSA) is 46.5 Å². The minimum Gasteiger partial charge on any atom is -0.481 e. The number of aliphatic carboxylic acids is 1. The molecule has 0 amide bonds. The zero-order chi connectivity index (χ0) is 13.3. The maximum Gasteiger partial charge on any atom is 0.314 e. The first-order valence-electron chi connectivity index (χ1n) is 5.72. The molecule has 0 heterocycles. The minimum absolute atomic E-state index is 0.133. The molecule has 3 nitrogen and oxygen atoms in total. The summed E-state index contributed by atoms with van der Waals surface area (Å²) in [4.78, 5) is 11.4. The molecule has 1 fully saturated rings. The fraction of sp³-hybridized carbons (Fsp3) is 0.462. The largest absolute Gasteiger partial charge is 0.481 e. The van der Waals surface area contributed by atoms with Gasteiger partial charge in [-0.1, -0.05) is 22.4 Å². The van der Waals surface area contributed by atoms with Crippen molar-refractivity contribution in [2.24, 2.45) is 0 Å². The monoisotopic (exact) mass is 316 g/mol. The van der Waals surface area contributed by atoms with E-state index in [4.69, 9.17) is 4.74 Å². The van der Waals surface area contributed by atoms with E-state index >= 15 is 0 Å². The molecule has 1 aliphatic rings. The summed E-state index contributed by atoms with van der Waals surface area (Å²) in [5, 5.41) is 9.36. The lowest BCUT2D eigenvalue weighted by Gasteiger charge is -2.38. The average molecular weight is 317 g/mol. The van der Waals surface area contributed by atoms with Crippen LogP contribution in [0.2, 0.25) is 0 Å². The molecule has 98 valence electrons. The first-order valence-corrected chi connectivity index (χ1v) is 6.51. The van der Waals surface area contributed by atoms with Crippen LogP contribution < -0.4 is 0 Å². The summed E-state index contributed by atoms with van der Waals surface area (Å²) in [5.41, 5.74) is -0.409. The smallest absolute Gasteiger partial charge is 0.314 e. The summed E-state index contributed by atoms with van der Waals surface area (Å²) >= 11 is 3.30. The fourth-order valence-corrected chi connectivity index (χ4v) is 2.89. The van der Waals surface area contributed by atoms with Gasteiger partial charge in [0.2, 0.25) is 0 Å². The Morgan fingerprint density at radius 2 is 2.22 bits per heavy atom. The Morgan fingerprint density at radius 3 is 2.67 bits per heavy atom. The van der Waals surface area contributed by atoms with Crippen LogP contribution in [-0.4, -0.2) is 18.2 Å². The number of halogens is 2. The first kappa shape index (κ1) is 13.5. The highest BCUT2D eigenvalue weighted by Gasteiger charge is 2.48. The summed E-state index contributed by atoms with van der Waals surface area (Å²) in [5.74, 6) is -1.41. The van der Waals surface area contributed by atoms with Crippen molar-refractivity contribution in [1.82, 2.24) is 0 Å². The van der Waals surface area contributed by atoms with Crippen LogP contribution >= 0.6 is 15.9 Å². The van der Waals surface area contributed by atoms with E-state index < -0.39 is 17.2 Å². The van der Waals surface area contributed by atoms with Gasteiger partial charge in [0.15, 0.2) is 0 Å². The second kappa shape index (κ2) is 4.97. The third-order valence-electron chi connectivity index (χ3n) is 3.54. The van der Waals surface area contributed by atoms with Gasteiger partial charge in [-0.15, -0.1) is 0 Å². The number of benzene rings is 1. The predicted octanol–water partition coefficient (Wildman–Crippen LogP) is 3.24. The van der Waals surface area contributed by atoms with Crippen LogP contribution in [0.4, 0.5) is 4.39 Å². The van der Waals surface area contributed by atoms with Gasteiger partial charge in [-0.25, -0.2) is 4.39 Å². The summed E-state index contributed by atoms with van der Waals surface area (Å²) in [6.45, 7) is 0.133. The highest BCUT2D eigenvalue weighted by molar-refractivity contribution is 9.10. The average Bonchev–Trinajstić information content (AvgIpc) is 2.22. The van der Waals surface area contributed by atoms with Crippen LogP contribution in [0.3, 0.4) is 0 Å². The second-order valence-corrected chi connectivity index (χ2v) is 5.52. The van der Waals surface area contributed by atoms with Gasteiger partial charge in [0, 0.05) is 22.7 Å². The lowest BCUT2D eigenvalue weighted by Crippen LogP contribution is -2.43. The molecule has 0 saturated heterocycles. The van der Waals surface area contributed by atoms with E-state index in [9.17, 15) is 14.3 Å². The molecule has 0 atom stereocenters. The lowest BCUT2D eigenvalue weighted by atomic mass is 9.64. The number of rotatable bonds is 4. The Bertz CT molecular complexity index is 483. The van der Waals surface area contributed by atoms with E-state index in [1.165, 1.54) is 7.11 Å². The van der Waals surface area contributed by atoms with Crippen molar-refractivity contribution >= 4 is 21.9 Å². The van der Waals surface area contributed by atoms with E-state index in [0.717, 1.165) is 6.42 Å². The number of methoxy groups -OCH3 is 1. The first-order chi connectivity index (χ1) is 8.51. The minimum atomic E-state index is -1.06. The molecule has 5 heteroatoms. The van der Waals surface area contributed by atoms with E-state index in [-0.39, 0.29) is 12.2 Å². The Morgan fingerprint density at radius 1 is 1.56 bits per heavy atom. The molecule has 0 spiro atoms. The Labute approximate surface area is 113 Å².